The van der Waals surface area contributed by atoms with Crippen LogP contribution in [0.15, 0.2) is 23.0 Å². The van der Waals surface area contributed by atoms with Gasteiger partial charge < -0.3 is 9.72 Å². The highest BCUT2D eigenvalue weighted by Crippen LogP contribution is 2.19. The van der Waals surface area contributed by atoms with Crippen molar-refractivity contribution < 1.29 is 4.74 Å². The molecule has 20 heavy (non-hydrogen) atoms. The number of hydrogen-bond acceptors (Lipinski definition) is 3. The number of aryl methyl sites for hydroxylation is 2. The molecule has 1 fully saturated rings. The van der Waals surface area contributed by atoms with Crippen LogP contribution in [0.1, 0.15) is 16.7 Å². The van der Waals surface area contributed by atoms with Crippen LogP contribution in [0.2, 0.25) is 0 Å². The Bertz CT molecular complexity index is 685. The smallest absolute Gasteiger partial charge is 0.252 e. The van der Waals surface area contributed by atoms with Gasteiger partial charge in [0.1, 0.15) is 0 Å². The maximum absolute atomic E-state index is 12.3. The first-order valence-electron chi connectivity index (χ1n) is 7.07. The van der Waals surface area contributed by atoms with E-state index in [-0.39, 0.29) is 5.56 Å². The van der Waals surface area contributed by atoms with Crippen molar-refractivity contribution >= 4 is 10.9 Å². The molecule has 0 saturated carbocycles. The third kappa shape index (κ3) is 2.49. The molecule has 1 aromatic carbocycles. The van der Waals surface area contributed by atoms with Crippen molar-refractivity contribution in [1.82, 2.24) is 9.88 Å². The lowest BCUT2D eigenvalue weighted by Crippen LogP contribution is -2.37. The zero-order valence-corrected chi connectivity index (χ0v) is 12.0. The fraction of sp³-hybridized carbons (Fsp3) is 0.438. The van der Waals surface area contributed by atoms with Gasteiger partial charge in [0.15, 0.2) is 0 Å². The molecule has 1 aliphatic heterocycles. The van der Waals surface area contributed by atoms with Crippen molar-refractivity contribution in [2.24, 2.45) is 0 Å². The summed E-state index contributed by atoms with van der Waals surface area (Å²) in [5.41, 5.74) is 4.17. The number of benzene rings is 1. The highest BCUT2D eigenvalue weighted by molar-refractivity contribution is 5.83. The van der Waals surface area contributed by atoms with Gasteiger partial charge in [-0.25, -0.2) is 0 Å². The Kier molecular flexibility index (Phi) is 3.59. The molecule has 4 heteroatoms. The maximum Gasteiger partial charge on any atom is 0.252 e. The maximum atomic E-state index is 12.3. The van der Waals surface area contributed by atoms with Gasteiger partial charge in [-0.15, -0.1) is 0 Å². The van der Waals surface area contributed by atoms with Crippen LogP contribution < -0.4 is 5.56 Å². The highest BCUT2D eigenvalue weighted by Gasteiger charge is 2.13. The Balaban J connectivity index is 1.98. The number of hydrogen-bond donors (Lipinski definition) is 1. The molecule has 4 nitrogen and oxygen atoms in total. The van der Waals surface area contributed by atoms with Crippen molar-refractivity contribution in [3.8, 4) is 0 Å². The van der Waals surface area contributed by atoms with Gasteiger partial charge in [0.25, 0.3) is 5.56 Å². The summed E-state index contributed by atoms with van der Waals surface area (Å²) in [6, 6.07) is 6.21. The summed E-state index contributed by atoms with van der Waals surface area (Å²) in [4.78, 5) is 17.6. The van der Waals surface area contributed by atoms with Crippen LogP contribution in [0.25, 0.3) is 10.9 Å². The van der Waals surface area contributed by atoms with Crippen molar-refractivity contribution in [2.75, 3.05) is 26.3 Å². The van der Waals surface area contributed by atoms with E-state index in [1.165, 1.54) is 5.56 Å². The number of aromatic nitrogens is 1. The fourth-order valence-corrected chi connectivity index (χ4v) is 2.69. The zero-order chi connectivity index (χ0) is 14.1. The average Bonchev–Trinajstić information content (AvgIpc) is 2.46. The van der Waals surface area contributed by atoms with Gasteiger partial charge in [0.2, 0.25) is 0 Å². The Morgan fingerprint density at radius 3 is 2.75 bits per heavy atom. The van der Waals surface area contributed by atoms with Gasteiger partial charge in [0.05, 0.1) is 18.7 Å². The molecule has 1 aliphatic rings. The molecule has 2 heterocycles. The van der Waals surface area contributed by atoms with Crippen molar-refractivity contribution in [2.45, 2.75) is 20.4 Å². The zero-order valence-electron chi connectivity index (χ0n) is 12.0. The Labute approximate surface area is 118 Å². The first-order chi connectivity index (χ1) is 9.65. The van der Waals surface area contributed by atoms with Gasteiger partial charge in [-0.1, -0.05) is 12.1 Å². The number of nitrogens with one attached hydrogen (secondary N) is 1. The molecular formula is C16H20N2O2. The Hall–Kier alpha value is -1.65. The highest BCUT2D eigenvalue weighted by atomic mass is 16.5. The van der Waals surface area contributed by atoms with Gasteiger partial charge in [-0.05, 0) is 36.4 Å². The second-order valence-corrected chi connectivity index (χ2v) is 5.48. The monoisotopic (exact) mass is 272 g/mol. The Morgan fingerprint density at radius 1 is 1.25 bits per heavy atom. The topological polar surface area (TPSA) is 45.3 Å². The van der Waals surface area contributed by atoms with Gasteiger partial charge in [-0.3, -0.25) is 9.69 Å². The summed E-state index contributed by atoms with van der Waals surface area (Å²) in [6.07, 6.45) is 0. The number of H-pyrrole nitrogens is 1. The molecule has 0 amide bonds. The minimum absolute atomic E-state index is 0.0256. The van der Waals surface area contributed by atoms with E-state index in [1.54, 1.807) is 0 Å². The minimum Gasteiger partial charge on any atom is -0.379 e. The third-order valence-electron chi connectivity index (χ3n) is 4.13. The summed E-state index contributed by atoms with van der Waals surface area (Å²) in [5.74, 6) is 0. The normalized spacial score (nSPS) is 16.7. The number of nitrogens with zero attached hydrogens (tertiary/aromatic N) is 1. The summed E-state index contributed by atoms with van der Waals surface area (Å²) in [5, 5.41) is 1.11. The van der Waals surface area contributed by atoms with Crippen LogP contribution in [-0.4, -0.2) is 36.2 Å². The summed E-state index contributed by atoms with van der Waals surface area (Å²) < 4.78 is 5.34. The number of fused-ring (bicyclic) bond motifs is 1. The van der Waals surface area contributed by atoms with Crippen LogP contribution in [0.5, 0.6) is 0 Å². The quantitative estimate of drug-likeness (QED) is 0.909. The SMILES string of the molecule is Cc1ccc2cc(CN3CCOCC3)c(=O)[nH]c2c1C. The molecule has 2 aromatic rings. The number of aromatic amines is 1. The number of rotatable bonds is 2. The standard InChI is InChI=1S/C16H20N2O2/c1-11-3-4-13-9-14(10-18-5-7-20-8-6-18)16(19)17-15(13)12(11)2/h3-4,9H,5-8,10H2,1-2H3,(H,17,19). The molecule has 0 aliphatic carbocycles. The molecular weight excluding hydrogens is 252 g/mol. The van der Waals surface area contributed by atoms with Crippen LogP contribution >= 0.6 is 0 Å². The number of pyridine rings is 1. The second kappa shape index (κ2) is 5.38. The number of morpholine rings is 1. The minimum atomic E-state index is 0.0256. The summed E-state index contributed by atoms with van der Waals surface area (Å²) >= 11 is 0. The van der Waals surface area contributed by atoms with Crippen LogP contribution in [0.3, 0.4) is 0 Å². The third-order valence-corrected chi connectivity index (χ3v) is 4.13. The molecule has 0 spiro atoms. The first kappa shape index (κ1) is 13.3. The van der Waals surface area contributed by atoms with Crippen LogP contribution in [-0.2, 0) is 11.3 Å². The van der Waals surface area contributed by atoms with Crippen molar-refractivity contribution in [1.29, 1.82) is 0 Å². The van der Waals surface area contributed by atoms with Crippen molar-refractivity contribution in [3.63, 3.8) is 0 Å². The lowest BCUT2D eigenvalue weighted by atomic mass is 10.0. The van der Waals surface area contributed by atoms with Gasteiger partial charge in [-0.2, -0.15) is 0 Å². The van der Waals surface area contributed by atoms with E-state index in [0.717, 1.165) is 48.3 Å². The van der Waals surface area contributed by atoms with E-state index in [2.05, 4.69) is 35.9 Å². The Morgan fingerprint density at radius 2 is 2.00 bits per heavy atom. The van der Waals surface area contributed by atoms with E-state index >= 15 is 0 Å². The molecule has 0 atom stereocenters. The molecule has 0 bridgehead atoms. The van der Waals surface area contributed by atoms with E-state index < -0.39 is 0 Å². The molecule has 106 valence electrons. The molecule has 0 unspecified atom stereocenters. The van der Waals surface area contributed by atoms with E-state index in [9.17, 15) is 4.79 Å². The van der Waals surface area contributed by atoms with E-state index in [1.807, 2.05) is 6.07 Å². The van der Waals surface area contributed by atoms with Gasteiger partial charge in [0, 0.05) is 25.2 Å². The second-order valence-electron chi connectivity index (χ2n) is 5.48. The number of ether oxygens (including phenoxy) is 1. The molecule has 1 saturated heterocycles. The predicted molar refractivity (Wildman–Crippen MR) is 80.1 cm³/mol. The van der Waals surface area contributed by atoms with Crippen LogP contribution in [0.4, 0.5) is 0 Å². The van der Waals surface area contributed by atoms with E-state index in [0.29, 0.717) is 6.54 Å². The summed E-state index contributed by atoms with van der Waals surface area (Å²) in [6.45, 7) is 8.11. The first-order valence-corrected chi connectivity index (χ1v) is 7.07. The molecule has 3 rings (SSSR count). The largest absolute Gasteiger partial charge is 0.379 e. The average molecular weight is 272 g/mol. The summed E-state index contributed by atoms with van der Waals surface area (Å²) in [7, 11) is 0. The van der Waals surface area contributed by atoms with E-state index in [4.69, 9.17) is 4.74 Å². The lowest BCUT2D eigenvalue weighted by Gasteiger charge is -2.26. The molecule has 1 N–H and O–H groups in total. The fourth-order valence-electron chi connectivity index (χ4n) is 2.69. The molecule has 1 aromatic heterocycles. The van der Waals surface area contributed by atoms with Crippen LogP contribution in [0, 0.1) is 13.8 Å². The predicted octanol–water partition coefficient (Wildman–Crippen LogP) is 1.98. The lowest BCUT2D eigenvalue weighted by molar-refractivity contribution is 0.0340. The molecule has 0 radical (unpaired) electrons. The van der Waals surface area contributed by atoms with Gasteiger partial charge >= 0.3 is 0 Å². The van der Waals surface area contributed by atoms with Crippen molar-refractivity contribution in [3.05, 3.63) is 45.2 Å².